The van der Waals surface area contributed by atoms with Crippen LogP contribution in [0.25, 0.3) is 10.8 Å². The Morgan fingerprint density at radius 3 is 2.09 bits per heavy atom. The molecule has 0 heterocycles. The molecule has 0 aromatic heterocycles. The van der Waals surface area contributed by atoms with Crippen molar-refractivity contribution in [1.82, 2.24) is 0 Å². The van der Waals surface area contributed by atoms with Gasteiger partial charge in [0.2, 0.25) is 5.78 Å². The highest BCUT2D eigenvalue weighted by Gasteiger charge is 2.44. The molecule has 4 heteroatoms. The maximum atomic E-state index is 13.1. The first kappa shape index (κ1) is 15.3. The molecule has 1 atom stereocenters. The molecule has 23 heavy (non-hydrogen) atoms. The fourth-order valence-corrected chi connectivity index (χ4v) is 2.78. The monoisotopic (exact) mass is 314 g/mol. The van der Waals surface area contributed by atoms with Crippen LogP contribution in [0.4, 0.5) is 13.2 Å². The van der Waals surface area contributed by atoms with E-state index >= 15 is 0 Å². The highest BCUT2D eigenvalue weighted by Crippen LogP contribution is 2.36. The van der Waals surface area contributed by atoms with E-state index in [1.165, 1.54) is 0 Å². The lowest BCUT2D eigenvalue weighted by molar-refractivity contribution is -0.171. The van der Waals surface area contributed by atoms with Gasteiger partial charge >= 0.3 is 6.18 Å². The van der Waals surface area contributed by atoms with E-state index in [2.05, 4.69) is 0 Å². The fraction of sp³-hybridized carbons (Fsp3) is 0.105. The lowest BCUT2D eigenvalue weighted by atomic mass is 9.84. The summed E-state index contributed by atoms with van der Waals surface area (Å²) in [7, 11) is 0. The normalized spacial score (nSPS) is 13.0. The zero-order valence-electron chi connectivity index (χ0n) is 12.0. The van der Waals surface area contributed by atoms with Gasteiger partial charge in [-0.3, -0.25) is 4.79 Å². The number of hydrogen-bond donors (Lipinski definition) is 0. The lowest BCUT2D eigenvalue weighted by Gasteiger charge is -2.20. The van der Waals surface area contributed by atoms with Gasteiger partial charge in [0.15, 0.2) is 0 Å². The fourth-order valence-electron chi connectivity index (χ4n) is 2.78. The number of alkyl halides is 3. The van der Waals surface area contributed by atoms with Crippen LogP contribution in [0.15, 0.2) is 72.8 Å². The van der Waals surface area contributed by atoms with Crippen LogP contribution < -0.4 is 0 Å². The Morgan fingerprint density at radius 1 is 0.783 bits per heavy atom. The highest BCUT2D eigenvalue weighted by molar-refractivity contribution is 5.98. The van der Waals surface area contributed by atoms with Crippen molar-refractivity contribution in [2.24, 2.45) is 0 Å². The lowest BCUT2D eigenvalue weighted by Crippen LogP contribution is -2.30. The molecule has 0 aliphatic rings. The van der Waals surface area contributed by atoms with Crippen LogP contribution in [0.5, 0.6) is 0 Å². The second-order valence-corrected chi connectivity index (χ2v) is 5.27. The molecular weight excluding hydrogens is 301 g/mol. The number of rotatable bonds is 3. The zero-order chi connectivity index (χ0) is 16.4. The van der Waals surface area contributed by atoms with Crippen LogP contribution in [0.1, 0.15) is 17.0 Å². The van der Waals surface area contributed by atoms with Crippen molar-refractivity contribution in [3.63, 3.8) is 0 Å². The molecule has 0 aliphatic heterocycles. The Hall–Kier alpha value is -2.62. The van der Waals surface area contributed by atoms with E-state index in [-0.39, 0.29) is 0 Å². The predicted molar refractivity (Wildman–Crippen MR) is 83.3 cm³/mol. The van der Waals surface area contributed by atoms with Crippen LogP contribution in [0.3, 0.4) is 0 Å². The molecule has 0 saturated carbocycles. The molecular formula is C19H13F3O. The molecule has 0 aliphatic carbocycles. The van der Waals surface area contributed by atoms with Crippen molar-refractivity contribution in [2.75, 3.05) is 0 Å². The molecule has 3 aromatic rings. The van der Waals surface area contributed by atoms with E-state index in [0.29, 0.717) is 16.5 Å². The van der Waals surface area contributed by atoms with Crippen LogP contribution in [0, 0.1) is 0 Å². The van der Waals surface area contributed by atoms with Crippen LogP contribution in [0.2, 0.25) is 0 Å². The summed E-state index contributed by atoms with van der Waals surface area (Å²) < 4.78 is 39.4. The van der Waals surface area contributed by atoms with E-state index in [9.17, 15) is 18.0 Å². The van der Waals surface area contributed by atoms with Crippen molar-refractivity contribution >= 4 is 16.6 Å². The standard InChI is InChI=1S/C19H13F3O/c20-19(21,22)18(23)17(14-8-2-1-3-9-14)16-12-6-10-13-7-4-5-11-15(13)16/h1-12,17H. The average Bonchev–Trinajstić information content (AvgIpc) is 2.55. The van der Waals surface area contributed by atoms with Crippen molar-refractivity contribution in [3.8, 4) is 0 Å². The summed E-state index contributed by atoms with van der Waals surface area (Å²) in [5.41, 5.74) is 0.711. The smallest absolute Gasteiger partial charge is 0.288 e. The Labute approximate surface area is 131 Å². The van der Waals surface area contributed by atoms with Gasteiger partial charge in [0.05, 0.1) is 5.92 Å². The summed E-state index contributed by atoms with van der Waals surface area (Å²) in [6.45, 7) is 0. The van der Waals surface area contributed by atoms with Crippen molar-refractivity contribution in [1.29, 1.82) is 0 Å². The van der Waals surface area contributed by atoms with Gasteiger partial charge in [-0.1, -0.05) is 72.8 Å². The van der Waals surface area contributed by atoms with Crippen LogP contribution in [-0.2, 0) is 4.79 Å². The minimum absolute atomic E-state index is 0.339. The number of Topliss-reactive ketones (excluding diaryl/α,β-unsaturated/α-hetero) is 1. The Kier molecular flexibility index (Phi) is 3.90. The molecule has 0 saturated heterocycles. The molecule has 1 unspecified atom stereocenters. The number of carbonyl (C=O) groups is 1. The Morgan fingerprint density at radius 2 is 1.39 bits per heavy atom. The number of carbonyl (C=O) groups excluding carboxylic acids is 1. The number of hydrogen-bond acceptors (Lipinski definition) is 1. The maximum Gasteiger partial charge on any atom is 0.450 e. The van der Waals surface area contributed by atoms with Gasteiger partial charge in [-0.15, -0.1) is 0 Å². The third kappa shape index (κ3) is 2.97. The topological polar surface area (TPSA) is 17.1 Å². The molecule has 0 spiro atoms. The first-order chi connectivity index (χ1) is 11.0. The number of benzene rings is 3. The van der Waals surface area contributed by atoms with Gasteiger partial charge in [-0.25, -0.2) is 0 Å². The molecule has 3 rings (SSSR count). The summed E-state index contributed by atoms with van der Waals surface area (Å²) >= 11 is 0. The summed E-state index contributed by atoms with van der Waals surface area (Å²) in [5, 5.41) is 1.46. The van der Waals surface area contributed by atoms with E-state index in [4.69, 9.17) is 0 Å². The number of fused-ring (bicyclic) bond motifs is 1. The van der Waals surface area contributed by atoms with E-state index in [1.807, 2.05) is 18.2 Å². The molecule has 0 radical (unpaired) electrons. The summed E-state index contributed by atoms with van der Waals surface area (Å²) in [6.07, 6.45) is -4.89. The molecule has 0 bridgehead atoms. The minimum atomic E-state index is -4.89. The second kappa shape index (κ2) is 5.88. The second-order valence-electron chi connectivity index (χ2n) is 5.27. The Balaban J connectivity index is 2.25. The zero-order valence-corrected chi connectivity index (χ0v) is 12.0. The first-order valence-electron chi connectivity index (χ1n) is 7.12. The molecule has 0 N–H and O–H groups in total. The van der Waals surface area contributed by atoms with Gasteiger partial charge in [-0.2, -0.15) is 13.2 Å². The van der Waals surface area contributed by atoms with Crippen LogP contribution in [-0.4, -0.2) is 12.0 Å². The van der Waals surface area contributed by atoms with Crippen LogP contribution >= 0.6 is 0 Å². The SMILES string of the molecule is O=C(C(c1ccccc1)c1cccc2ccccc12)C(F)(F)F. The predicted octanol–water partition coefficient (Wildman–Crippen LogP) is 5.10. The molecule has 3 aromatic carbocycles. The van der Waals surface area contributed by atoms with Crippen molar-refractivity contribution in [3.05, 3.63) is 83.9 Å². The van der Waals surface area contributed by atoms with E-state index in [0.717, 1.165) is 5.39 Å². The third-order valence-corrected chi connectivity index (χ3v) is 3.81. The van der Waals surface area contributed by atoms with Gasteiger partial charge < -0.3 is 0 Å². The Bertz CT molecular complexity index is 833. The number of ketones is 1. The van der Waals surface area contributed by atoms with Gasteiger partial charge in [0, 0.05) is 0 Å². The molecule has 116 valence electrons. The molecule has 0 fully saturated rings. The third-order valence-electron chi connectivity index (χ3n) is 3.81. The van der Waals surface area contributed by atoms with Gasteiger partial charge in [-0.05, 0) is 21.9 Å². The first-order valence-corrected chi connectivity index (χ1v) is 7.12. The molecule has 0 amide bonds. The highest BCUT2D eigenvalue weighted by atomic mass is 19.4. The van der Waals surface area contributed by atoms with Gasteiger partial charge in [0.1, 0.15) is 0 Å². The largest absolute Gasteiger partial charge is 0.450 e. The summed E-state index contributed by atoms with van der Waals surface area (Å²) in [6, 6.07) is 20.3. The molecule has 1 nitrogen and oxygen atoms in total. The summed E-state index contributed by atoms with van der Waals surface area (Å²) in [4.78, 5) is 12.1. The summed E-state index contributed by atoms with van der Waals surface area (Å²) in [5.74, 6) is -3.11. The van der Waals surface area contributed by atoms with Gasteiger partial charge in [0.25, 0.3) is 0 Å². The van der Waals surface area contributed by atoms with Crippen molar-refractivity contribution < 1.29 is 18.0 Å². The quantitative estimate of drug-likeness (QED) is 0.657. The minimum Gasteiger partial charge on any atom is -0.288 e. The van der Waals surface area contributed by atoms with E-state index in [1.54, 1.807) is 54.6 Å². The number of halogens is 3. The van der Waals surface area contributed by atoms with E-state index < -0.39 is 17.9 Å². The van der Waals surface area contributed by atoms with Crippen molar-refractivity contribution in [2.45, 2.75) is 12.1 Å². The average molecular weight is 314 g/mol. The maximum absolute atomic E-state index is 13.1.